The molecule has 1 aromatic rings. The quantitative estimate of drug-likeness (QED) is 0.113. The van der Waals surface area contributed by atoms with Crippen molar-refractivity contribution in [1.82, 2.24) is 26.2 Å². The molecule has 52 heavy (non-hydrogen) atoms. The molecule has 0 aromatic heterocycles. The minimum absolute atomic E-state index is 0.0516. The van der Waals surface area contributed by atoms with Gasteiger partial charge < -0.3 is 40.2 Å². The van der Waals surface area contributed by atoms with Crippen LogP contribution in [0.5, 0.6) is 0 Å². The minimum Gasteiger partial charge on any atom is -0.379 e. The third-order valence-electron chi connectivity index (χ3n) is 7.58. The number of ketones is 1. The predicted octanol–water partition coefficient (Wildman–Crippen LogP) is 1.41. The molecule has 0 saturated carbocycles. The number of aryl methyl sites for hydroxylation is 1. The second kappa shape index (κ2) is 22.4. The molecule has 2 saturated heterocycles. The van der Waals surface area contributed by atoms with Crippen molar-refractivity contribution in [3.05, 3.63) is 35.9 Å². The van der Waals surface area contributed by atoms with E-state index in [-0.39, 0.29) is 19.6 Å². The van der Waals surface area contributed by atoms with E-state index < -0.39 is 85.6 Å². The normalized spacial score (nSPS) is 19.5. The molecule has 1 aromatic carbocycles. The van der Waals surface area contributed by atoms with Gasteiger partial charge in [0.15, 0.2) is 5.78 Å². The van der Waals surface area contributed by atoms with E-state index in [0.29, 0.717) is 32.7 Å². The Morgan fingerprint density at radius 2 is 1.27 bits per heavy atom. The fourth-order valence-corrected chi connectivity index (χ4v) is 4.76. The lowest BCUT2D eigenvalue weighted by atomic mass is 10.0. The van der Waals surface area contributed by atoms with E-state index in [1.165, 1.54) is 13.8 Å². The number of hydrogen-bond donors (Lipinski definition) is 4. The molecular weight excluding hydrogens is 698 g/mol. The lowest BCUT2D eigenvalue weighted by Crippen LogP contribution is -2.60. The van der Waals surface area contributed by atoms with E-state index in [0.717, 1.165) is 11.5 Å². The van der Waals surface area contributed by atoms with E-state index in [2.05, 4.69) is 51.5 Å². The number of alkyl halides is 4. The fraction of sp³-hybridized carbons (Fsp3) is 0.676. The molecule has 0 bridgehead atoms. The standard InChI is InChI=1S/C30H41F4N5O9.C4H10/c1-18(24(41)30(2)17-48-30)35-26(43)21(15-46-28(31)32)38-27(44)22(16-47-29(33)34)37-25(42)20(9-8-19-6-4-3-5-7-19)36-23(40)14-39-10-12-45-13-11-39;1-4(2)3/h3-7,18,20-22,28-29H,8-17H2,1-2H3,(H,35,43)(H,36,40)(H,37,42)(H,38,44);4H,1-3H3/t18?,20-,21-,22?,30?;/m0./s1. The number of rotatable bonds is 20. The van der Waals surface area contributed by atoms with Gasteiger partial charge in [0.1, 0.15) is 23.7 Å². The van der Waals surface area contributed by atoms with Crippen molar-refractivity contribution in [2.45, 2.75) is 90.5 Å². The molecule has 5 atom stereocenters. The van der Waals surface area contributed by atoms with Gasteiger partial charge in [-0.2, -0.15) is 17.6 Å². The lowest BCUT2D eigenvalue weighted by Gasteiger charge is -2.28. The van der Waals surface area contributed by atoms with Gasteiger partial charge in [0.05, 0.1) is 45.6 Å². The summed E-state index contributed by atoms with van der Waals surface area (Å²) in [5.41, 5.74) is -0.294. The lowest BCUT2D eigenvalue weighted by molar-refractivity contribution is -0.154. The van der Waals surface area contributed by atoms with Crippen molar-refractivity contribution in [1.29, 1.82) is 0 Å². The zero-order chi connectivity index (χ0) is 38.8. The van der Waals surface area contributed by atoms with E-state index in [1.807, 2.05) is 4.90 Å². The molecule has 14 nitrogen and oxygen atoms in total. The molecule has 0 aliphatic carbocycles. The zero-order valence-electron chi connectivity index (χ0n) is 30.1. The Morgan fingerprint density at radius 1 is 0.788 bits per heavy atom. The van der Waals surface area contributed by atoms with Crippen LogP contribution in [0.3, 0.4) is 0 Å². The molecule has 2 fully saturated rings. The van der Waals surface area contributed by atoms with Crippen molar-refractivity contribution in [3.8, 4) is 0 Å². The van der Waals surface area contributed by atoms with Crippen LogP contribution < -0.4 is 21.3 Å². The first kappa shape index (κ1) is 44.5. The molecule has 2 aliphatic heterocycles. The van der Waals surface area contributed by atoms with Gasteiger partial charge in [-0.1, -0.05) is 51.1 Å². The number of hydrogen-bond acceptors (Lipinski definition) is 10. The van der Waals surface area contributed by atoms with Crippen LogP contribution >= 0.6 is 0 Å². The van der Waals surface area contributed by atoms with Crippen molar-refractivity contribution >= 4 is 29.4 Å². The monoisotopic (exact) mass is 749 g/mol. The summed E-state index contributed by atoms with van der Waals surface area (Å²) in [6.07, 6.45) is 0.367. The highest BCUT2D eigenvalue weighted by Gasteiger charge is 2.49. The number of ether oxygens (including phenoxy) is 4. The molecule has 2 aliphatic rings. The number of epoxide rings is 1. The SMILES string of the molecule is CC(C)C.CC(NC(=O)[C@H](COC(F)F)NC(=O)C(COC(F)F)NC(=O)[C@H](CCc1ccccc1)NC(=O)CN1CCOCC1)C(=O)C1(C)CO1. The van der Waals surface area contributed by atoms with Crippen LogP contribution in [-0.4, -0.2) is 130 Å². The second-order valence-electron chi connectivity index (χ2n) is 13.2. The molecule has 2 heterocycles. The van der Waals surface area contributed by atoms with Gasteiger partial charge in [0.2, 0.25) is 23.6 Å². The molecule has 0 spiro atoms. The number of Topliss-reactive ketones (excluding diaryl/α,β-unsaturated/α-hetero) is 1. The molecule has 4 N–H and O–H groups in total. The minimum atomic E-state index is -3.36. The maximum atomic E-state index is 13.5. The van der Waals surface area contributed by atoms with E-state index in [4.69, 9.17) is 9.47 Å². The smallest absolute Gasteiger partial charge is 0.345 e. The Kier molecular flexibility index (Phi) is 19.1. The summed E-state index contributed by atoms with van der Waals surface area (Å²) in [5, 5.41) is 9.27. The van der Waals surface area contributed by atoms with Crippen LogP contribution in [0.1, 0.15) is 46.6 Å². The summed E-state index contributed by atoms with van der Waals surface area (Å²) < 4.78 is 70.7. The van der Waals surface area contributed by atoms with Crippen LogP contribution in [-0.2, 0) is 49.3 Å². The largest absolute Gasteiger partial charge is 0.379 e. The van der Waals surface area contributed by atoms with Gasteiger partial charge in [0, 0.05) is 13.1 Å². The maximum Gasteiger partial charge on any atom is 0.345 e. The van der Waals surface area contributed by atoms with Crippen LogP contribution in [0.4, 0.5) is 17.6 Å². The predicted molar refractivity (Wildman–Crippen MR) is 179 cm³/mol. The van der Waals surface area contributed by atoms with Crippen LogP contribution in [0, 0.1) is 5.92 Å². The highest BCUT2D eigenvalue weighted by atomic mass is 19.3. The van der Waals surface area contributed by atoms with Crippen molar-refractivity contribution in [2.75, 3.05) is 52.7 Å². The average molecular weight is 750 g/mol. The summed E-state index contributed by atoms with van der Waals surface area (Å²) >= 11 is 0. The van der Waals surface area contributed by atoms with Gasteiger partial charge >= 0.3 is 13.2 Å². The highest BCUT2D eigenvalue weighted by Crippen LogP contribution is 2.28. The summed E-state index contributed by atoms with van der Waals surface area (Å²) in [7, 11) is 0. The molecule has 3 rings (SSSR count). The first-order valence-corrected chi connectivity index (χ1v) is 17.0. The molecular formula is C34H51F4N5O9. The molecule has 4 amide bonds. The first-order valence-electron chi connectivity index (χ1n) is 17.0. The first-order chi connectivity index (χ1) is 24.5. The van der Waals surface area contributed by atoms with Gasteiger partial charge in [-0.3, -0.25) is 28.9 Å². The number of amides is 4. The van der Waals surface area contributed by atoms with Gasteiger partial charge in [-0.05, 0) is 38.2 Å². The van der Waals surface area contributed by atoms with E-state index in [1.54, 1.807) is 30.3 Å². The number of morpholine rings is 1. The zero-order valence-corrected chi connectivity index (χ0v) is 30.1. The summed E-state index contributed by atoms with van der Waals surface area (Å²) in [5.74, 6) is -3.49. The Balaban J connectivity index is 0.00000222. The Bertz CT molecular complexity index is 1280. The van der Waals surface area contributed by atoms with Crippen molar-refractivity contribution in [3.63, 3.8) is 0 Å². The third-order valence-corrected chi connectivity index (χ3v) is 7.58. The van der Waals surface area contributed by atoms with Gasteiger partial charge in [0.25, 0.3) is 0 Å². The van der Waals surface area contributed by atoms with Gasteiger partial charge in [-0.15, -0.1) is 0 Å². The van der Waals surface area contributed by atoms with Crippen LogP contribution in [0.25, 0.3) is 0 Å². The number of nitrogens with one attached hydrogen (secondary N) is 4. The molecule has 18 heteroatoms. The molecule has 3 unspecified atom stereocenters. The molecule has 0 radical (unpaired) electrons. The number of halogens is 4. The van der Waals surface area contributed by atoms with Crippen LogP contribution in [0.15, 0.2) is 30.3 Å². The highest BCUT2D eigenvalue weighted by molar-refractivity contribution is 5.98. The summed E-state index contributed by atoms with van der Waals surface area (Å²) in [6, 6.07) is 2.86. The van der Waals surface area contributed by atoms with Crippen molar-refractivity contribution < 1.29 is 60.5 Å². The fourth-order valence-electron chi connectivity index (χ4n) is 4.76. The molecule has 294 valence electrons. The van der Waals surface area contributed by atoms with E-state index >= 15 is 0 Å². The number of benzene rings is 1. The van der Waals surface area contributed by atoms with Crippen molar-refractivity contribution in [2.24, 2.45) is 5.92 Å². The summed E-state index contributed by atoms with van der Waals surface area (Å²) in [4.78, 5) is 66.9. The van der Waals surface area contributed by atoms with E-state index in [9.17, 15) is 41.5 Å². The number of nitrogens with zero attached hydrogens (tertiary/aromatic N) is 1. The average Bonchev–Trinajstić information content (AvgIpc) is 3.84. The number of carbonyl (C=O) groups excluding carboxylic acids is 5. The topological polar surface area (TPSA) is 177 Å². The Morgan fingerprint density at radius 3 is 1.75 bits per heavy atom. The third kappa shape index (κ3) is 17.2. The second-order valence-corrected chi connectivity index (χ2v) is 13.2. The van der Waals surface area contributed by atoms with Gasteiger partial charge in [-0.25, -0.2) is 0 Å². The maximum absolute atomic E-state index is 13.5. The number of carbonyl (C=O) groups is 5. The Hall–Kier alpha value is -3.71. The Labute approximate surface area is 301 Å². The van der Waals surface area contributed by atoms with Crippen LogP contribution in [0.2, 0.25) is 0 Å². The summed E-state index contributed by atoms with van der Waals surface area (Å²) in [6.45, 7) is 2.35.